The van der Waals surface area contributed by atoms with Gasteiger partial charge in [-0.1, -0.05) is 13.8 Å². The highest BCUT2D eigenvalue weighted by Crippen LogP contribution is 2.27. The Labute approximate surface area is 109 Å². The van der Waals surface area contributed by atoms with Crippen molar-refractivity contribution in [3.05, 3.63) is 32.6 Å². The van der Waals surface area contributed by atoms with Crippen LogP contribution in [0.4, 0.5) is 0 Å². The molecule has 0 amide bonds. The van der Waals surface area contributed by atoms with E-state index in [2.05, 4.69) is 4.98 Å². The van der Waals surface area contributed by atoms with Crippen molar-refractivity contribution in [2.45, 2.75) is 44.6 Å². The summed E-state index contributed by atoms with van der Waals surface area (Å²) >= 11 is 0. The van der Waals surface area contributed by atoms with Gasteiger partial charge in [-0.05, 0) is 5.92 Å². The summed E-state index contributed by atoms with van der Waals surface area (Å²) < 4.78 is 6.66. The molecule has 3 atom stereocenters. The first-order valence-corrected chi connectivity index (χ1v) is 6.23. The first kappa shape index (κ1) is 14.0. The summed E-state index contributed by atoms with van der Waals surface area (Å²) in [5, 5.41) is 18.7. The van der Waals surface area contributed by atoms with Crippen molar-refractivity contribution in [3.63, 3.8) is 0 Å². The Hall–Kier alpha value is -1.44. The normalized spacial score (nSPS) is 27.1. The Morgan fingerprint density at radius 1 is 1.53 bits per heavy atom. The van der Waals surface area contributed by atoms with Crippen LogP contribution in [-0.2, 0) is 4.74 Å². The van der Waals surface area contributed by atoms with E-state index >= 15 is 0 Å². The molecule has 7 heteroatoms. The average molecular weight is 270 g/mol. The smallest absolute Gasteiger partial charge is 0.330 e. The summed E-state index contributed by atoms with van der Waals surface area (Å²) in [6.45, 7) is 3.38. The zero-order valence-electron chi connectivity index (χ0n) is 10.9. The number of aromatic nitrogens is 2. The molecule has 0 spiro atoms. The lowest BCUT2D eigenvalue weighted by Crippen LogP contribution is -2.34. The minimum absolute atomic E-state index is 0.0319. The molecule has 1 aromatic heterocycles. The molecule has 1 aliphatic rings. The second-order valence-corrected chi connectivity index (χ2v) is 5.02. The van der Waals surface area contributed by atoms with Gasteiger partial charge in [0.25, 0.3) is 5.56 Å². The SMILES string of the molecule is CC(C)c1cn([C@@H]2C[C@H](O)[C@@H](CO)O2)c(=O)[nH]c1=O. The standard InChI is InChI=1S/C12H18N2O5/c1-6(2)7-4-14(12(18)13-11(7)17)10-3-8(16)9(5-15)19-10/h4,6,8-10,15-16H,3,5H2,1-2H3,(H,13,17,18)/t8-,9+,10-/m0/s1. The van der Waals surface area contributed by atoms with E-state index in [9.17, 15) is 14.7 Å². The van der Waals surface area contributed by atoms with Gasteiger partial charge in [0.2, 0.25) is 0 Å². The fraction of sp³-hybridized carbons (Fsp3) is 0.667. The van der Waals surface area contributed by atoms with E-state index < -0.39 is 29.7 Å². The Kier molecular flexibility index (Phi) is 3.88. The van der Waals surface area contributed by atoms with Crippen molar-refractivity contribution in [3.8, 4) is 0 Å². The molecule has 0 radical (unpaired) electrons. The monoisotopic (exact) mass is 270 g/mol. The summed E-state index contributed by atoms with van der Waals surface area (Å²) in [7, 11) is 0. The number of ether oxygens (including phenoxy) is 1. The molecular formula is C12H18N2O5. The zero-order chi connectivity index (χ0) is 14.2. The number of aliphatic hydroxyl groups excluding tert-OH is 2. The molecule has 3 N–H and O–H groups in total. The molecule has 1 aliphatic heterocycles. The molecule has 0 bridgehead atoms. The van der Waals surface area contributed by atoms with E-state index in [1.165, 1.54) is 10.8 Å². The molecule has 1 fully saturated rings. The number of nitrogens with one attached hydrogen (secondary N) is 1. The second kappa shape index (κ2) is 5.28. The van der Waals surface area contributed by atoms with Gasteiger partial charge in [0.05, 0.1) is 12.7 Å². The van der Waals surface area contributed by atoms with Gasteiger partial charge in [-0.25, -0.2) is 4.79 Å². The van der Waals surface area contributed by atoms with Crippen LogP contribution in [0.15, 0.2) is 15.8 Å². The fourth-order valence-corrected chi connectivity index (χ4v) is 2.18. The van der Waals surface area contributed by atoms with Crippen LogP contribution >= 0.6 is 0 Å². The van der Waals surface area contributed by atoms with Gasteiger partial charge >= 0.3 is 5.69 Å². The van der Waals surface area contributed by atoms with Crippen molar-refractivity contribution < 1.29 is 14.9 Å². The van der Waals surface area contributed by atoms with Crippen LogP contribution in [-0.4, -0.2) is 38.6 Å². The lowest BCUT2D eigenvalue weighted by Gasteiger charge is -2.16. The third kappa shape index (κ3) is 2.63. The third-order valence-corrected chi connectivity index (χ3v) is 3.31. The minimum Gasteiger partial charge on any atom is -0.394 e. The van der Waals surface area contributed by atoms with Gasteiger partial charge in [-0.15, -0.1) is 0 Å². The molecule has 2 heterocycles. The molecule has 1 aromatic rings. The van der Waals surface area contributed by atoms with Crippen LogP contribution in [0.5, 0.6) is 0 Å². The first-order valence-electron chi connectivity index (χ1n) is 6.23. The van der Waals surface area contributed by atoms with Gasteiger partial charge in [0.1, 0.15) is 12.3 Å². The number of aromatic amines is 1. The molecule has 2 rings (SSSR count). The van der Waals surface area contributed by atoms with Crippen LogP contribution in [0.25, 0.3) is 0 Å². The maximum Gasteiger partial charge on any atom is 0.330 e. The van der Waals surface area contributed by atoms with Gasteiger partial charge < -0.3 is 14.9 Å². The largest absolute Gasteiger partial charge is 0.394 e. The quantitative estimate of drug-likeness (QED) is 0.673. The summed E-state index contributed by atoms with van der Waals surface area (Å²) in [5.74, 6) is -0.0319. The van der Waals surface area contributed by atoms with E-state index in [1.807, 2.05) is 13.8 Å². The van der Waals surface area contributed by atoms with Gasteiger partial charge in [0.15, 0.2) is 0 Å². The summed E-state index contributed by atoms with van der Waals surface area (Å²) in [6, 6.07) is 0. The van der Waals surface area contributed by atoms with Crippen molar-refractivity contribution in [2.24, 2.45) is 0 Å². The van der Waals surface area contributed by atoms with Crippen molar-refractivity contribution >= 4 is 0 Å². The van der Waals surface area contributed by atoms with Crippen LogP contribution < -0.4 is 11.2 Å². The van der Waals surface area contributed by atoms with Crippen molar-refractivity contribution in [1.82, 2.24) is 9.55 Å². The molecule has 106 valence electrons. The molecule has 0 aromatic carbocycles. The summed E-state index contributed by atoms with van der Waals surface area (Å²) in [6.07, 6.45) is -0.533. The number of nitrogens with zero attached hydrogens (tertiary/aromatic N) is 1. The van der Waals surface area contributed by atoms with Crippen LogP contribution in [0.2, 0.25) is 0 Å². The lowest BCUT2D eigenvalue weighted by atomic mass is 10.1. The topological polar surface area (TPSA) is 105 Å². The Balaban J connectivity index is 2.38. The third-order valence-electron chi connectivity index (χ3n) is 3.31. The maximum absolute atomic E-state index is 11.8. The number of aliphatic hydroxyl groups is 2. The average Bonchev–Trinajstić information content (AvgIpc) is 2.69. The van der Waals surface area contributed by atoms with E-state index in [1.54, 1.807) is 0 Å². The van der Waals surface area contributed by atoms with E-state index in [-0.39, 0.29) is 18.9 Å². The van der Waals surface area contributed by atoms with Gasteiger partial charge in [-0.3, -0.25) is 14.3 Å². The number of rotatable bonds is 3. The number of hydrogen-bond donors (Lipinski definition) is 3. The van der Waals surface area contributed by atoms with Crippen molar-refractivity contribution in [2.75, 3.05) is 6.61 Å². The molecule has 0 unspecified atom stereocenters. The lowest BCUT2D eigenvalue weighted by molar-refractivity contribution is -0.0460. The minimum atomic E-state index is -0.823. The summed E-state index contributed by atoms with van der Waals surface area (Å²) in [5.41, 5.74) is -0.510. The second-order valence-electron chi connectivity index (χ2n) is 5.02. The number of hydrogen-bond acceptors (Lipinski definition) is 5. The zero-order valence-corrected chi connectivity index (χ0v) is 10.9. The molecular weight excluding hydrogens is 252 g/mol. The highest BCUT2D eigenvalue weighted by Gasteiger charge is 2.35. The first-order chi connectivity index (χ1) is 8.93. The Morgan fingerprint density at radius 2 is 2.21 bits per heavy atom. The van der Waals surface area contributed by atoms with E-state index in [0.717, 1.165) is 0 Å². The molecule has 0 saturated carbocycles. The molecule has 7 nitrogen and oxygen atoms in total. The van der Waals surface area contributed by atoms with Crippen molar-refractivity contribution in [1.29, 1.82) is 0 Å². The predicted octanol–water partition coefficient (Wildman–Crippen LogP) is -0.699. The van der Waals surface area contributed by atoms with Gasteiger partial charge in [-0.2, -0.15) is 0 Å². The summed E-state index contributed by atoms with van der Waals surface area (Å²) in [4.78, 5) is 25.7. The van der Waals surface area contributed by atoms with Crippen LogP contribution in [0.1, 0.15) is 38.0 Å². The van der Waals surface area contributed by atoms with Crippen LogP contribution in [0.3, 0.4) is 0 Å². The molecule has 1 saturated heterocycles. The highest BCUT2D eigenvalue weighted by molar-refractivity contribution is 5.09. The molecule has 0 aliphatic carbocycles. The maximum atomic E-state index is 11.8. The van der Waals surface area contributed by atoms with Crippen LogP contribution in [0, 0.1) is 0 Å². The molecule has 19 heavy (non-hydrogen) atoms. The number of H-pyrrole nitrogens is 1. The highest BCUT2D eigenvalue weighted by atomic mass is 16.5. The van der Waals surface area contributed by atoms with E-state index in [0.29, 0.717) is 5.56 Å². The van der Waals surface area contributed by atoms with E-state index in [4.69, 9.17) is 9.84 Å². The predicted molar refractivity (Wildman–Crippen MR) is 67.0 cm³/mol. The Morgan fingerprint density at radius 3 is 2.74 bits per heavy atom. The van der Waals surface area contributed by atoms with Gasteiger partial charge in [0, 0.05) is 18.2 Å². The fourth-order valence-electron chi connectivity index (χ4n) is 2.18. The Bertz CT molecular complexity index is 562.